The van der Waals surface area contributed by atoms with Gasteiger partial charge in [-0.25, -0.2) is 9.97 Å². The molecule has 0 amide bonds. The van der Waals surface area contributed by atoms with Gasteiger partial charge < -0.3 is 10.1 Å². The summed E-state index contributed by atoms with van der Waals surface area (Å²) in [5.74, 6) is 1.38. The number of nitrogens with zero attached hydrogens (tertiary/aromatic N) is 2. The molecule has 0 aliphatic carbocycles. The molecule has 0 unspecified atom stereocenters. The van der Waals surface area contributed by atoms with Gasteiger partial charge in [0.25, 0.3) is 0 Å². The topological polar surface area (TPSA) is 47.0 Å². The predicted octanol–water partition coefficient (Wildman–Crippen LogP) is 2.88. The summed E-state index contributed by atoms with van der Waals surface area (Å²) in [6.07, 6.45) is 1.59. The molecule has 0 atom stereocenters. The van der Waals surface area contributed by atoms with E-state index in [-0.39, 0.29) is 5.28 Å². The van der Waals surface area contributed by atoms with Crippen LogP contribution < -0.4 is 10.1 Å². The second-order valence-electron chi connectivity index (χ2n) is 3.04. The zero-order chi connectivity index (χ0) is 11.4. The summed E-state index contributed by atoms with van der Waals surface area (Å²) in [4.78, 5) is 7.84. The van der Waals surface area contributed by atoms with Crippen molar-refractivity contribution in [2.24, 2.45) is 0 Å². The molecule has 2 aromatic rings. The summed E-state index contributed by atoms with van der Waals surface area (Å²) in [5, 5.41) is 3.31. The van der Waals surface area contributed by atoms with Gasteiger partial charge in [-0.05, 0) is 29.8 Å². The average Bonchev–Trinajstić information content (AvgIpc) is 2.30. The number of methoxy groups -OCH3 is 1. The van der Waals surface area contributed by atoms with Crippen molar-refractivity contribution >= 4 is 23.1 Å². The van der Waals surface area contributed by atoms with Gasteiger partial charge in [0.1, 0.15) is 11.6 Å². The van der Waals surface area contributed by atoms with E-state index in [2.05, 4.69) is 15.3 Å². The van der Waals surface area contributed by atoms with Gasteiger partial charge in [0.05, 0.1) is 12.8 Å². The summed E-state index contributed by atoms with van der Waals surface area (Å²) >= 11 is 5.69. The lowest BCUT2D eigenvalue weighted by molar-refractivity contribution is 0.417. The number of anilines is 2. The van der Waals surface area contributed by atoms with Crippen LogP contribution in [-0.2, 0) is 0 Å². The molecule has 0 saturated heterocycles. The largest absolute Gasteiger partial charge is 0.495 e. The van der Waals surface area contributed by atoms with E-state index in [1.807, 2.05) is 24.3 Å². The highest BCUT2D eigenvalue weighted by Crippen LogP contribution is 2.26. The third-order valence-corrected chi connectivity index (χ3v) is 2.18. The number of para-hydroxylation sites is 2. The van der Waals surface area contributed by atoms with Crippen molar-refractivity contribution in [3.63, 3.8) is 0 Å². The van der Waals surface area contributed by atoms with E-state index in [1.54, 1.807) is 19.4 Å². The molecule has 2 rings (SSSR count). The van der Waals surface area contributed by atoms with Crippen molar-refractivity contribution < 1.29 is 4.74 Å². The lowest BCUT2D eigenvalue weighted by atomic mass is 10.3. The van der Waals surface area contributed by atoms with Crippen molar-refractivity contribution in [2.45, 2.75) is 0 Å². The smallest absolute Gasteiger partial charge is 0.224 e. The van der Waals surface area contributed by atoms with Crippen LogP contribution in [0.2, 0.25) is 5.28 Å². The van der Waals surface area contributed by atoms with Gasteiger partial charge in [0, 0.05) is 6.20 Å². The van der Waals surface area contributed by atoms with Crippen molar-refractivity contribution in [3.8, 4) is 5.75 Å². The minimum atomic E-state index is 0.208. The second kappa shape index (κ2) is 4.81. The normalized spacial score (nSPS) is 9.88. The Morgan fingerprint density at radius 1 is 1.25 bits per heavy atom. The molecular weight excluding hydrogens is 226 g/mol. The third-order valence-electron chi connectivity index (χ3n) is 2.00. The molecule has 0 saturated carbocycles. The number of hydrogen-bond acceptors (Lipinski definition) is 4. The number of rotatable bonds is 3. The van der Waals surface area contributed by atoms with Crippen LogP contribution in [0.15, 0.2) is 36.5 Å². The zero-order valence-electron chi connectivity index (χ0n) is 8.64. The van der Waals surface area contributed by atoms with E-state index in [1.165, 1.54) is 0 Å². The van der Waals surface area contributed by atoms with Gasteiger partial charge in [-0.2, -0.15) is 0 Å². The molecular formula is C11H10ClN3O. The number of ether oxygens (including phenoxy) is 1. The standard InChI is InChI=1S/C11H10ClN3O/c1-16-9-5-3-2-4-8(9)14-10-6-7-13-11(12)15-10/h2-7H,1H3,(H,13,14,15). The third kappa shape index (κ3) is 2.41. The first-order chi connectivity index (χ1) is 7.79. The first kappa shape index (κ1) is 10.7. The Bertz CT molecular complexity index is 490. The number of aromatic nitrogens is 2. The van der Waals surface area contributed by atoms with Crippen LogP contribution in [0.25, 0.3) is 0 Å². The molecule has 0 aliphatic heterocycles. The highest BCUT2D eigenvalue weighted by Gasteiger charge is 2.02. The maximum atomic E-state index is 5.69. The molecule has 1 aromatic carbocycles. The highest BCUT2D eigenvalue weighted by atomic mass is 35.5. The Labute approximate surface area is 98.3 Å². The van der Waals surface area contributed by atoms with Crippen LogP contribution >= 0.6 is 11.6 Å². The van der Waals surface area contributed by atoms with Crippen molar-refractivity contribution in [3.05, 3.63) is 41.8 Å². The number of halogens is 1. The Morgan fingerprint density at radius 3 is 2.81 bits per heavy atom. The fourth-order valence-electron chi connectivity index (χ4n) is 1.29. The minimum absolute atomic E-state index is 0.208. The molecule has 16 heavy (non-hydrogen) atoms. The Hall–Kier alpha value is -1.81. The molecule has 0 bridgehead atoms. The van der Waals surface area contributed by atoms with Crippen LogP contribution in [0.1, 0.15) is 0 Å². The molecule has 0 fully saturated rings. The van der Waals surface area contributed by atoms with Crippen LogP contribution in [0.3, 0.4) is 0 Å². The van der Waals surface area contributed by atoms with E-state index in [0.29, 0.717) is 5.82 Å². The summed E-state index contributed by atoms with van der Waals surface area (Å²) in [7, 11) is 1.62. The van der Waals surface area contributed by atoms with Gasteiger partial charge in [-0.3, -0.25) is 0 Å². The Kier molecular flexibility index (Phi) is 3.22. The first-order valence-corrected chi connectivity index (χ1v) is 5.06. The lowest BCUT2D eigenvalue weighted by Gasteiger charge is -2.09. The van der Waals surface area contributed by atoms with Gasteiger partial charge in [0.2, 0.25) is 5.28 Å². The molecule has 0 spiro atoms. The fraction of sp³-hybridized carbons (Fsp3) is 0.0909. The Balaban J connectivity index is 2.26. The molecule has 4 nitrogen and oxygen atoms in total. The van der Waals surface area contributed by atoms with Crippen molar-refractivity contribution in [1.82, 2.24) is 9.97 Å². The molecule has 1 heterocycles. The van der Waals surface area contributed by atoms with Crippen molar-refractivity contribution in [1.29, 1.82) is 0 Å². The summed E-state index contributed by atoms with van der Waals surface area (Å²) in [5.41, 5.74) is 0.833. The van der Waals surface area contributed by atoms with Crippen LogP contribution in [-0.4, -0.2) is 17.1 Å². The van der Waals surface area contributed by atoms with Gasteiger partial charge >= 0.3 is 0 Å². The summed E-state index contributed by atoms with van der Waals surface area (Å²) in [6, 6.07) is 9.31. The summed E-state index contributed by atoms with van der Waals surface area (Å²) in [6.45, 7) is 0. The zero-order valence-corrected chi connectivity index (χ0v) is 9.40. The molecule has 0 radical (unpaired) electrons. The molecule has 5 heteroatoms. The van der Waals surface area contributed by atoms with Gasteiger partial charge in [-0.1, -0.05) is 12.1 Å². The molecule has 82 valence electrons. The maximum Gasteiger partial charge on any atom is 0.224 e. The van der Waals surface area contributed by atoms with Crippen LogP contribution in [0, 0.1) is 0 Å². The Morgan fingerprint density at radius 2 is 2.06 bits per heavy atom. The minimum Gasteiger partial charge on any atom is -0.495 e. The second-order valence-corrected chi connectivity index (χ2v) is 3.37. The first-order valence-electron chi connectivity index (χ1n) is 4.68. The van der Waals surface area contributed by atoms with Crippen LogP contribution in [0.4, 0.5) is 11.5 Å². The fourth-order valence-corrected chi connectivity index (χ4v) is 1.44. The SMILES string of the molecule is COc1ccccc1Nc1ccnc(Cl)n1. The number of benzene rings is 1. The van der Waals surface area contributed by atoms with Crippen LogP contribution in [0.5, 0.6) is 5.75 Å². The molecule has 1 N–H and O–H groups in total. The average molecular weight is 236 g/mol. The molecule has 1 aromatic heterocycles. The highest BCUT2D eigenvalue weighted by molar-refractivity contribution is 6.28. The molecule has 0 aliphatic rings. The number of hydrogen-bond donors (Lipinski definition) is 1. The van der Waals surface area contributed by atoms with Gasteiger partial charge in [-0.15, -0.1) is 0 Å². The predicted molar refractivity (Wildman–Crippen MR) is 63.3 cm³/mol. The lowest BCUT2D eigenvalue weighted by Crippen LogP contribution is -1.97. The van der Waals surface area contributed by atoms with E-state index in [4.69, 9.17) is 16.3 Å². The van der Waals surface area contributed by atoms with Gasteiger partial charge in [0.15, 0.2) is 0 Å². The van der Waals surface area contributed by atoms with E-state index in [9.17, 15) is 0 Å². The number of nitrogens with one attached hydrogen (secondary N) is 1. The maximum absolute atomic E-state index is 5.69. The van der Waals surface area contributed by atoms with E-state index < -0.39 is 0 Å². The summed E-state index contributed by atoms with van der Waals surface area (Å²) < 4.78 is 5.21. The van der Waals surface area contributed by atoms with E-state index in [0.717, 1.165) is 11.4 Å². The van der Waals surface area contributed by atoms with Crippen molar-refractivity contribution in [2.75, 3.05) is 12.4 Å². The van der Waals surface area contributed by atoms with E-state index >= 15 is 0 Å². The quantitative estimate of drug-likeness (QED) is 0.831. The monoisotopic (exact) mass is 235 g/mol.